The van der Waals surface area contributed by atoms with E-state index in [2.05, 4.69) is 63.9 Å². The minimum absolute atomic E-state index is 0.173. The van der Waals surface area contributed by atoms with Gasteiger partial charge in [0.25, 0.3) is 0 Å². The van der Waals surface area contributed by atoms with Gasteiger partial charge < -0.3 is 10.1 Å². The first kappa shape index (κ1) is 15.9. The molecule has 0 aliphatic heterocycles. The molecule has 0 spiro atoms. The summed E-state index contributed by atoms with van der Waals surface area (Å²) in [6.45, 7) is 14.7. The van der Waals surface area contributed by atoms with Crippen molar-refractivity contribution in [2.45, 2.75) is 45.8 Å². The van der Waals surface area contributed by atoms with E-state index >= 15 is 0 Å². The first-order valence-electron chi connectivity index (χ1n) is 6.95. The summed E-state index contributed by atoms with van der Waals surface area (Å²) in [5, 5.41) is 3.54. The van der Waals surface area contributed by atoms with Gasteiger partial charge in [0.2, 0.25) is 0 Å². The smallest absolute Gasteiger partial charge is 0.0721 e. The lowest BCUT2D eigenvalue weighted by Crippen LogP contribution is -2.38. The molecule has 0 aliphatic carbocycles. The van der Waals surface area contributed by atoms with E-state index in [4.69, 9.17) is 4.74 Å². The minimum Gasteiger partial charge on any atom is -0.373 e. The van der Waals surface area contributed by atoms with Crippen LogP contribution in [0.4, 0.5) is 0 Å². The van der Waals surface area contributed by atoms with Gasteiger partial charge in [0.05, 0.1) is 13.2 Å². The molecule has 1 N–H and O–H groups in total. The largest absolute Gasteiger partial charge is 0.373 e. The van der Waals surface area contributed by atoms with E-state index in [9.17, 15) is 0 Å². The van der Waals surface area contributed by atoms with Gasteiger partial charge in [-0.2, -0.15) is 0 Å². The molecule has 106 valence electrons. The van der Waals surface area contributed by atoms with Crippen molar-refractivity contribution in [3.63, 3.8) is 0 Å². The van der Waals surface area contributed by atoms with Gasteiger partial charge in [-0.15, -0.1) is 6.58 Å². The highest BCUT2D eigenvalue weighted by atomic mass is 16.5. The van der Waals surface area contributed by atoms with Crippen molar-refractivity contribution >= 4 is 0 Å². The second kappa shape index (κ2) is 7.46. The number of rotatable bonds is 7. The van der Waals surface area contributed by atoms with Crippen LogP contribution in [0.1, 0.15) is 44.7 Å². The van der Waals surface area contributed by atoms with E-state index in [0.29, 0.717) is 19.1 Å². The standard InChI is InChI=1S/C17H27NO/c1-6-11-19-13-15-7-9-16(10-8-15)14(2)12-18-17(3,4)5/h6-10,14,18H,1,11-13H2,2-5H3. The molecule has 0 heterocycles. The van der Waals surface area contributed by atoms with Crippen LogP contribution in [0.5, 0.6) is 0 Å². The van der Waals surface area contributed by atoms with E-state index in [1.165, 1.54) is 11.1 Å². The molecule has 0 fully saturated rings. The zero-order chi connectivity index (χ0) is 14.3. The second-order valence-electron chi connectivity index (χ2n) is 6.08. The van der Waals surface area contributed by atoms with Crippen molar-refractivity contribution in [1.29, 1.82) is 0 Å². The Kier molecular flexibility index (Phi) is 6.26. The van der Waals surface area contributed by atoms with E-state index in [1.54, 1.807) is 6.08 Å². The van der Waals surface area contributed by atoms with Gasteiger partial charge in [0.1, 0.15) is 0 Å². The zero-order valence-electron chi connectivity index (χ0n) is 12.7. The van der Waals surface area contributed by atoms with Crippen molar-refractivity contribution < 1.29 is 4.74 Å². The molecule has 1 aromatic rings. The molecule has 1 rings (SSSR count). The van der Waals surface area contributed by atoms with E-state index < -0.39 is 0 Å². The Morgan fingerprint density at radius 1 is 1.26 bits per heavy atom. The third-order valence-electron chi connectivity index (χ3n) is 2.99. The SMILES string of the molecule is C=CCOCc1ccc(C(C)CNC(C)(C)C)cc1. The maximum Gasteiger partial charge on any atom is 0.0721 e. The number of hydrogen-bond acceptors (Lipinski definition) is 2. The fourth-order valence-corrected chi connectivity index (χ4v) is 1.78. The van der Waals surface area contributed by atoms with Gasteiger partial charge in [-0.3, -0.25) is 0 Å². The summed E-state index contributed by atoms with van der Waals surface area (Å²) in [5.41, 5.74) is 2.75. The Bertz CT molecular complexity index is 375. The molecule has 2 heteroatoms. The van der Waals surface area contributed by atoms with Gasteiger partial charge in [0, 0.05) is 12.1 Å². The van der Waals surface area contributed by atoms with Crippen molar-refractivity contribution in [3.05, 3.63) is 48.0 Å². The molecule has 0 saturated heterocycles. The molecule has 1 unspecified atom stereocenters. The van der Waals surface area contributed by atoms with Gasteiger partial charge in [-0.05, 0) is 37.8 Å². The van der Waals surface area contributed by atoms with Crippen LogP contribution in [0.3, 0.4) is 0 Å². The van der Waals surface area contributed by atoms with Crippen molar-refractivity contribution in [2.24, 2.45) is 0 Å². The van der Waals surface area contributed by atoms with E-state index in [-0.39, 0.29) is 5.54 Å². The summed E-state index contributed by atoms with van der Waals surface area (Å²) in [4.78, 5) is 0. The molecule has 0 aliphatic rings. The Labute approximate surface area is 117 Å². The second-order valence-corrected chi connectivity index (χ2v) is 6.08. The van der Waals surface area contributed by atoms with Gasteiger partial charge >= 0.3 is 0 Å². The zero-order valence-corrected chi connectivity index (χ0v) is 12.7. The lowest BCUT2D eigenvalue weighted by Gasteiger charge is -2.23. The maximum atomic E-state index is 5.43. The first-order chi connectivity index (χ1) is 8.92. The fourth-order valence-electron chi connectivity index (χ4n) is 1.78. The normalized spacial score (nSPS) is 13.3. The predicted octanol–water partition coefficient (Wildman–Crippen LogP) is 3.88. The highest BCUT2D eigenvalue weighted by Gasteiger charge is 2.12. The fraction of sp³-hybridized carbons (Fsp3) is 0.529. The summed E-state index contributed by atoms with van der Waals surface area (Å²) in [7, 11) is 0. The van der Waals surface area contributed by atoms with Gasteiger partial charge in [-0.1, -0.05) is 37.3 Å². The molecule has 0 aromatic heterocycles. The van der Waals surface area contributed by atoms with Crippen LogP contribution in [0.15, 0.2) is 36.9 Å². The Balaban J connectivity index is 2.48. The Morgan fingerprint density at radius 3 is 2.42 bits per heavy atom. The monoisotopic (exact) mass is 261 g/mol. The van der Waals surface area contributed by atoms with Crippen LogP contribution >= 0.6 is 0 Å². The highest BCUT2D eigenvalue weighted by molar-refractivity contribution is 5.25. The molecule has 0 radical (unpaired) electrons. The topological polar surface area (TPSA) is 21.3 Å². The van der Waals surface area contributed by atoms with Crippen LogP contribution in [-0.4, -0.2) is 18.7 Å². The number of benzene rings is 1. The molecular formula is C17H27NO. The molecule has 0 saturated carbocycles. The van der Waals surface area contributed by atoms with Crippen molar-refractivity contribution in [2.75, 3.05) is 13.2 Å². The Hall–Kier alpha value is -1.12. The van der Waals surface area contributed by atoms with Crippen molar-refractivity contribution in [1.82, 2.24) is 5.32 Å². The van der Waals surface area contributed by atoms with Gasteiger partial charge in [0.15, 0.2) is 0 Å². The van der Waals surface area contributed by atoms with E-state index in [0.717, 1.165) is 6.54 Å². The van der Waals surface area contributed by atoms with Crippen LogP contribution in [0.25, 0.3) is 0 Å². The number of hydrogen-bond donors (Lipinski definition) is 1. The first-order valence-corrected chi connectivity index (χ1v) is 6.95. The molecular weight excluding hydrogens is 234 g/mol. The summed E-state index contributed by atoms with van der Waals surface area (Å²) < 4.78 is 5.43. The predicted molar refractivity (Wildman–Crippen MR) is 82.5 cm³/mol. The van der Waals surface area contributed by atoms with Crippen molar-refractivity contribution in [3.8, 4) is 0 Å². The summed E-state index contributed by atoms with van der Waals surface area (Å²) in [6.07, 6.45) is 1.77. The number of ether oxygens (including phenoxy) is 1. The lowest BCUT2D eigenvalue weighted by molar-refractivity contribution is 0.149. The van der Waals surface area contributed by atoms with Gasteiger partial charge in [-0.25, -0.2) is 0 Å². The molecule has 19 heavy (non-hydrogen) atoms. The van der Waals surface area contributed by atoms with Crippen LogP contribution in [-0.2, 0) is 11.3 Å². The average molecular weight is 261 g/mol. The average Bonchev–Trinajstić information content (AvgIpc) is 2.36. The molecule has 2 nitrogen and oxygen atoms in total. The van der Waals surface area contributed by atoms with Crippen LogP contribution in [0.2, 0.25) is 0 Å². The number of nitrogens with one attached hydrogen (secondary N) is 1. The Morgan fingerprint density at radius 2 is 1.89 bits per heavy atom. The van der Waals surface area contributed by atoms with Crippen LogP contribution < -0.4 is 5.32 Å². The third kappa shape index (κ3) is 6.55. The van der Waals surface area contributed by atoms with Crippen LogP contribution in [0, 0.1) is 0 Å². The molecule has 0 bridgehead atoms. The third-order valence-corrected chi connectivity index (χ3v) is 2.99. The molecule has 0 amide bonds. The summed E-state index contributed by atoms with van der Waals surface area (Å²) in [5.74, 6) is 0.516. The quantitative estimate of drug-likeness (QED) is 0.594. The molecule has 1 atom stereocenters. The van der Waals surface area contributed by atoms with E-state index in [1.807, 2.05) is 0 Å². The molecule has 1 aromatic carbocycles. The summed E-state index contributed by atoms with van der Waals surface area (Å²) >= 11 is 0. The lowest BCUT2D eigenvalue weighted by atomic mass is 9.98. The minimum atomic E-state index is 0.173. The maximum absolute atomic E-state index is 5.43. The highest BCUT2D eigenvalue weighted by Crippen LogP contribution is 2.16. The summed E-state index contributed by atoms with van der Waals surface area (Å²) in [6, 6.07) is 8.68.